The molecular formula is C17H21N3O6S2. The molecule has 2 aromatic rings. The van der Waals surface area contributed by atoms with Gasteiger partial charge in [0, 0.05) is 31.6 Å². The lowest BCUT2D eigenvalue weighted by Crippen LogP contribution is -2.33. The van der Waals surface area contributed by atoms with E-state index in [1.807, 2.05) is 0 Å². The second kappa shape index (κ2) is 9.73. The van der Waals surface area contributed by atoms with Gasteiger partial charge in [0.15, 0.2) is 5.69 Å². The Morgan fingerprint density at radius 1 is 1.21 bits per heavy atom. The van der Waals surface area contributed by atoms with E-state index >= 15 is 0 Å². The van der Waals surface area contributed by atoms with E-state index in [-0.39, 0.29) is 36.2 Å². The molecule has 0 saturated heterocycles. The summed E-state index contributed by atoms with van der Waals surface area (Å²) >= 11 is 1.17. The van der Waals surface area contributed by atoms with Gasteiger partial charge in [-0.3, -0.25) is 4.79 Å². The number of nitrogens with one attached hydrogen (secondary N) is 1. The number of methoxy groups -OCH3 is 2. The highest BCUT2D eigenvalue weighted by atomic mass is 32.2. The van der Waals surface area contributed by atoms with E-state index in [9.17, 15) is 18.0 Å². The summed E-state index contributed by atoms with van der Waals surface area (Å²) in [6.45, 7) is 1.66. The maximum Gasteiger partial charge on any atom is 0.357 e. The Bertz CT molecular complexity index is 925. The Morgan fingerprint density at radius 3 is 2.46 bits per heavy atom. The number of esters is 1. The molecule has 1 aromatic heterocycles. The molecule has 0 bridgehead atoms. The van der Waals surface area contributed by atoms with E-state index in [1.165, 1.54) is 66.4 Å². The van der Waals surface area contributed by atoms with Crippen LogP contribution >= 0.6 is 11.3 Å². The van der Waals surface area contributed by atoms with Crippen molar-refractivity contribution in [2.75, 3.05) is 32.7 Å². The SMILES string of the molecule is COCCN(Cc1nc(C(=O)OC)cs1)S(=O)(=O)c1ccc(NC(C)=O)cc1. The third-order valence-electron chi connectivity index (χ3n) is 3.62. The summed E-state index contributed by atoms with van der Waals surface area (Å²) in [4.78, 5) is 26.9. The van der Waals surface area contributed by atoms with Gasteiger partial charge in [-0.25, -0.2) is 18.2 Å². The average Bonchev–Trinajstić information content (AvgIpc) is 3.13. The molecule has 0 atom stereocenters. The lowest BCUT2D eigenvalue weighted by molar-refractivity contribution is -0.114. The zero-order valence-corrected chi connectivity index (χ0v) is 17.3. The van der Waals surface area contributed by atoms with E-state index in [0.717, 1.165) is 0 Å². The minimum atomic E-state index is -3.84. The van der Waals surface area contributed by atoms with Crippen molar-refractivity contribution in [1.29, 1.82) is 0 Å². The molecule has 2 rings (SSSR count). The van der Waals surface area contributed by atoms with E-state index in [1.54, 1.807) is 0 Å². The number of anilines is 1. The molecule has 0 aliphatic heterocycles. The van der Waals surface area contributed by atoms with E-state index in [2.05, 4.69) is 15.0 Å². The van der Waals surface area contributed by atoms with Gasteiger partial charge in [0.05, 0.1) is 25.2 Å². The van der Waals surface area contributed by atoms with Crippen LogP contribution in [0.3, 0.4) is 0 Å². The minimum Gasteiger partial charge on any atom is -0.464 e. The molecule has 1 N–H and O–H groups in total. The lowest BCUT2D eigenvalue weighted by atomic mass is 10.3. The van der Waals surface area contributed by atoms with Crippen LogP contribution in [-0.4, -0.2) is 57.0 Å². The molecule has 0 fully saturated rings. The zero-order valence-electron chi connectivity index (χ0n) is 15.7. The molecule has 1 heterocycles. The van der Waals surface area contributed by atoms with Crippen molar-refractivity contribution >= 4 is 38.9 Å². The van der Waals surface area contributed by atoms with Crippen molar-refractivity contribution in [2.45, 2.75) is 18.4 Å². The minimum absolute atomic E-state index is 0.0131. The predicted molar refractivity (Wildman–Crippen MR) is 104 cm³/mol. The van der Waals surface area contributed by atoms with Crippen LogP contribution in [0.5, 0.6) is 0 Å². The highest BCUT2D eigenvalue weighted by Gasteiger charge is 2.26. The third-order valence-corrected chi connectivity index (χ3v) is 6.31. The van der Waals surface area contributed by atoms with Gasteiger partial charge in [-0.15, -0.1) is 11.3 Å². The Labute approximate surface area is 167 Å². The second-order valence-corrected chi connectivity index (χ2v) is 8.54. The van der Waals surface area contributed by atoms with Crippen LogP contribution in [0.1, 0.15) is 22.4 Å². The van der Waals surface area contributed by atoms with Gasteiger partial charge < -0.3 is 14.8 Å². The maximum atomic E-state index is 13.0. The van der Waals surface area contributed by atoms with Crippen molar-refractivity contribution in [1.82, 2.24) is 9.29 Å². The van der Waals surface area contributed by atoms with Crippen LogP contribution in [-0.2, 0) is 30.8 Å². The van der Waals surface area contributed by atoms with Gasteiger partial charge in [0.25, 0.3) is 0 Å². The molecule has 0 spiro atoms. The summed E-state index contributed by atoms with van der Waals surface area (Å²) in [6.07, 6.45) is 0. The van der Waals surface area contributed by atoms with Gasteiger partial charge in [0.2, 0.25) is 15.9 Å². The van der Waals surface area contributed by atoms with Gasteiger partial charge in [-0.05, 0) is 24.3 Å². The number of carbonyl (C=O) groups is 2. The third kappa shape index (κ3) is 5.58. The first-order valence-corrected chi connectivity index (χ1v) is 10.5. The Kier molecular flexibility index (Phi) is 7.63. The highest BCUT2D eigenvalue weighted by Crippen LogP contribution is 2.22. The second-order valence-electron chi connectivity index (χ2n) is 5.66. The summed E-state index contributed by atoms with van der Waals surface area (Å²) in [5.41, 5.74) is 0.629. The monoisotopic (exact) mass is 427 g/mol. The first-order valence-electron chi connectivity index (χ1n) is 8.17. The molecule has 0 aliphatic carbocycles. The molecule has 0 unspecified atom stereocenters. The van der Waals surface area contributed by atoms with Crippen molar-refractivity contribution in [3.8, 4) is 0 Å². The summed E-state index contributed by atoms with van der Waals surface area (Å²) in [6, 6.07) is 5.87. The number of rotatable bonds is 9. The van der Waals surface area contributed by atoms with E-state index in [0.29, 0.717) is 10.7 Å². The van der Waals surface area contributed by atoms with Crippen molar-refractivity contribution in [3.63, 3.8) is 0 Å². The largest absolute Gasteiger partial charge is 0.464 e. The number of amides is 1. The number of benzene rings is 1. The summed E-state index contributed by atoms with van der Waals surface area (Å²) in [5.74, 6) is -0.829. The fraction of sp³-hybridized carbons (Fsp3) is 0.353. The molecular weight excluding hydrogens is 406 g/mol. The molecule has 0 saturated carbocycles. The van der Waals surface area contributed by atoms with E-state index in [4.69, 9.17) is 4.74 Å². The van der Waals surface area contributed by atoms with Crippen molar-refractivity contribution < 1.29 is 27.5 Å². The molecule has 28 heavy (non-hydrogen) atoms. The fourth-order valence-electron chi connectivity index (χ4n) is 2.27. The first-order chi connectivity index (χ1) is 13.3. The van der Waals surface area contributed by atoms with Crippen LogP contribution in [0, 0.1) is 0 Å². The molecule has 0 radical (unpaired) electrons. The normalized spacial score (nSPS) is 11.4. The van der Waals surface area contributed by atoms with Crippen LogP contribution in [0.25, 0.3) is 0 Å². The van der Waals surface area contributed by atoms with Crippen LogP contribution in [0.4, 0.5) is 5.69 Å². The molecule has 0 aliphatic rings. The van der Waals surface area contributed by atoms with Crippen LogP contribution < -0.4 is 5.32 Å². The summed E-state index contributed by atoms with van der Waals surface area (Å²) < 4.78 is 36.9. The zero-order chi connectivity index (χ0) is 20.7. The van der Waals surface area contributed by atoms with Crippen molar-refractivity contribution in [3.05, 3.63) is 40.3 Å². The maximum absolute atomic E-state index is 13.0. The standard InChI is InChI=1S/C17H21N3O6S2/c1-12(21)18-13-4-6-14(7-5-13)28(23,24)20(8-9-25-2)10-16-19-15(11-27-16)17(22)26-3/h4-7,11H,8-10H2,1-3H3,(H,18,21). The Morgan fingerprint density at radius 2 is 1.89 bits per heavy atom. The van der Waals surface area contributed by atoms with Crippen LogP contribution in [0.15, 0.2) is 34.5 Å². The van der Waals surface area contributed by atoms with Gasteiger partial charge >= 0.3 is 5.97 Å². The number of carbonyl (C=O) groups excluding carboxylic acids is 2. The number of hydrogen-bond acceptors (Lipinski definition) is 8. The number of thiazole rings is 1. The smallest absolute Gasteiger partial charge is 0.357 e. The Hall–Kier alpha value is -2.34. The number of hydrogen-bond donors (Lipinski definition) is 1. The summed E-state index contributed by atoms with van der Waals surface area (Å²) in [7, 11) is -1.11. The molecule has 11 heteroatoms. The molecule has 1 aromatic carbocycles. The van der Waals surface area contributed by atoms with Gasteiger partial charge in [0.1, 0.15) is 5.01 Å². The number of sulfonamides is 1. The van der Waals surface area contributed by atoms with Crippen LogP contribution in [0.2, 0.25) is 0 Å². The van der Waals surface area contributed by atoms with Gasteiger partial charge in [-0.1, -0.05) is 0 Å². The van der Waals surface area contributed by atoms with E-state index < -0.39 is 16.0 Å². The van der Waals surface area contributed by atoms with Crippen molar-refractivity contribution in [2.24, 2.45) is 0 Å². The number of ether oxygens (including phenoxy) is 2. The first kappa shape index (κ1) is 22.0. The molecule has 9 nitrogen and oxygen atoms in total. The number of aromatic nitrogens is 1. The Balaban J connectivity index is 2.25. The molecule has 1 amide bonds. The molecule has 152 valence electrons. The quantitative estimate of drug-likeness (QED) is 0.606. The fourth-order valence-corrected chi connectivity index (χ4v) is 4.52. The lowest BCUT2D eigenvalue weighted by Gasteiger charge is -2.21. The average molecular weight is 428 g/mol. The predicted octanol–water partition coefficient (Wildman–Crippen LogP) is 1.73. The number of nitrogens with zero attached hydrogens (tertiary/aromatic N) is 2. The highest BCUT2D eigenvalue weighted by molar-refractivity contribution is 7.89. The summed E-state index contributed by atoms with van der Waals surface area (Å²) in [5, 5.41) is 4.56. The van der Waals surface area contributed by atoms with Gasteiger partial charge in [-0.2, -0.15) is 4.31 Å². The topological polar surface area (TPSA) is 115 Å².